The summed E-state index contributed by atoms with van der Waals surface area (Å²) >= 11 is 6.12. The van der Waals surface area contributed by atoms with Gasteiger partial charge in [-0.1, -0.05) is 11.6 Å². The number of hydrogen-bond donors (Lipinski definition) is 1. The predicted octanol–water partition coefficient (Wildman–Crippen LogP) is 2.30. The fourth-order valence-electron chi connectivity index (χ4n) is 3.65. The van der Waals surface area contributed by atoms with Crippen LogP contribution in [0, 0.1) is 0 Å². The molecule has 4 heterocycles. The molecule has 0 radical (unpaired) electrons. The second kappa shape index (κ2) is 6.77. The number of rotatable bonds is 4. The zero-order chi connectivity index (χ0) is 15.6. The Hall–Kier alpha value is -1.14. The van der Waals surface area contributed by atoms with E-state index in [0.717, 1.165) is 58.0 Å². The van der Waals surface area contributed by atoms with Crippen LogP contribution in [0.1, 0.15) is 17.7 Å². The average molecular weight is 335 g/mol. The van der Waals surface area contributed by atoms with Crippen LogP contribution in [0.5, 0.6) is 0 Å². The van der Waals surface area contributed by atoms with Gasteiger partial charge in [0.1, 0.15) is 5.65 Å². The van der Waals surface area contributed by atoms with Gasteiger partial charge in [-0.05, 0) is 31.1 Å². The highest BCUT2D eigenvalue weighted by Gasteiger charge is 2.21. The number of fused-ring (bicyclic) bond motifs is 3. The largest absolute Gasteiger partial charge is 0.379 e. The maximum absolute atomic E-state index is 6.12. The van der Waals surface area contributed by atoms with E-state index in [2.05, 4.69) is 19.8 Å². The van der Waals surface area contributed by atoms with Crippen LogP contribution in [-0.4, -0.2) is 65.7 Å². The Morgan fingerprint density at radius 3 is 2.87 bits per heavy atom. The molecule has 1 N–H and O–H groups in total. The second-order valence-corrected chi connectivity index (χ2v) is 6.90. The maximum Gasteiger partial charge on any atom is 0.137 e. The van der Waals surface area contributed by atoms with Gasteiger partial charge < -0.3 is 9.72 Å². The Morgan fingerprint density at radius 1 is 1.17 bits per heavy atom. The summed E-state index contributed by atoms with van der Waals surface area (Å²) in [6.45, 7) is 8.38. The van der Waals surface area contributed by atoms with Crippen molar-refractivity contribution in [1.29, 1.82) is 0 Å². The van der Waals surface area contributed by atoms with Crippen LogP contribution in [0.15, 0.2) is 12.3 Å². The quantitative estimate of drug-likeness (QED) is 0.932. The number of aromatic nitrogens is 2. The standard InChI is InChI=1S/C17H23ClN4O/c18-13-10-14-15-12-22(4-1-3-21-6-8-23-9-7-21)5-2-16(15)20-17(14)19-11-13/h10-11H,1-9,12H2,(H,19,20). The van der Waals surface area contributed by atoms with Crippen LogP contribution in [0.3, 0.4) is 0 Å². The minimum absolute atomic E-state index is 0.712. The van der Waals surface area contributed by atoms with Gasteiger partial charge in [-0.3, -0.25) is 9.80 Å². The molecule has 1 fully saturated rings. The van der Waals surface area contributed by atoms with Gasteiger partial charge in [0.25, 0.3) is 0 Å². The molecule has 0 amide bonds. The molecule has 0 spiro atoms. The molecule has 6 heteroatoms. The first-order chi connectivity index (χ1) is 11.3. The SMILES string of the molecule is Clc1cnc2[nH]c3c(c2c1)CN(CCCN1CCOCC1)CC3. The van der Waals surface area contributed by atoms with Crippen molar-refractivity contribution >= 4 is 22.6 Å². The number of halogens is 1. The zero-order valence-electron chi connectivity index (χ0n) is 13.4. The minimum atomic E-state index is 0.712. The third-order valence-electron chi connectivity index (χ3n) is 4.93. The van der Waals surface area contributed by atoms with Crippen LogP contribution in [0.4, 0.5) is 0 Å². The number of nitrogens with one attached hydrogen (secondary N) is 1. The van der Waals surface area contributed by atoms with E-state index in [4.69, 9.17) is 16.3 Å². The van der Waals surface area contributed by atoms with E-state index in [-0.39, 0.29) is 0 Å². The van der Waals surface area contributed by atoms with E-state index in [1.165, 1.54) is 29.6 Å². The molecule has 0 bridgehead atoms. The molecule has 4 rings (SSSR count). The Morgan fingerprint density at radius 2 is 2.00 bits per heavy atom. The summed E-state index contributed by atoms with van der Waals surface area (Å²) in [6, 6.07) is 2.04. The Bertz CT molecular complexity index is 681. The van der Waals surface area contributed by atoms with Crippen molar-refractivity contribution in [2.75, 3.05) is 45.9 Å². The van der Waals surface area contributed by atoms with Gasteiger partial charge in [-0.15, -0.1) is 0 Å². The van der Waals surface area contributed by atoms with E-state index < -0.39 is 0 Å². The van der Waals surface area contributed by atoms with Crippen LogP contribution < -0.4 is 0 Å². The highest BCUT2D eigenvalue weighted by Crippen LogP contribution is 2.28. The van der Waals surface area contributed by atoms with Gasteiger partial charge in [0.2, 0.25) is 0 Å². The molecule has 23 heavy (non-hydrogen) atoms. The van der Waals surface area contributed by atoms with E-state index >= 15 is 0 Å². The van der Waals surface area contributed by atoms with Crippen LogP contribution in [0.25, 0.3) is 11.0 Å². The highest BCUT2D eigenvalue weighted by atomic mass is 35.5. The van der Waals surface area contributed by atoms with Crippen molar-refractivity contribution < 1.29 is 4.74 Å². The Kier molecular flexibility index (Phi) is 4.53. The van der Waals surface area contributed by atoms with Crippen LogP contribution in [-0.2, 0) is 17.7 Å². The topological polar surface area (TPSA) is 44.4 Å². The van der Waals surface area contributed by atoms with Crippen molar-refractivity contribution in [1.82, 2.24) is 19.8 Å². The van der Waals surface area contributed by atoms with Gasteiger partial charge in [-0.25, -0.2) is 4.98 Å². The molecule has 0 saturated carbocycles. The van der Waals surface area contributed by atoms with E-state index in [9.17, 15) is 0 Å². The lowest BCUT2D eigenvalue weighted by molar-refractivity contribution is 0.0359. The lowest BCUT2D eigenvalue weighted by atomic mass is 10.1. The third-order valence-corrected chi connectivity index (χ3v) is 5.13. The van der Waals surface area contributed by atoms with E-state index in [0.29, 0.717) is 5.02 Å². The van der Waals surface area contributed by atoms with Crippen molar-refractivity contribution in [3.8, 4) is 0 Å². The summed E-state index contributed by atoms with van der Waals surface area (Å²) < 4.78 is 5.40. The summed E-state index contributed by atoms with van der Waals surface area (Å²) in [5.41, 5.74) is 3.68. The fourth-order valence-corrected chi connectivity index (χ4v) is 3.81. The molecular formula is C17H23ClN4O. The smallest absolute Gasteiger partial charge is 0.137 e. The normalized spacial score (nSPS) is 20.0. The molecule has 5 nitrogen and oxygen atoms in total. The molecule has 0 atom stereocenters. The van der Waals surface area contributed by atoms with Crippen molar-refractivity contribution in [3.05, 3.63) is 28.5 Å². The lowest BCUT2D eigenvalue weighted by Crippen LogP contribution is -2.38. The van der Waals surface area contributed by atoms with Gasteiger partial charge in [0.15, 0.2) is 0 Å². The number of aromatic amines is 1. The third kappa shape index (κ3) is 3.38. The number of ether oxygens (including phenoxy) is 1. The molecule has 0 unspecified atom stereocenters. The second-order valence-electron chi connectivity index (χ2n) is 6.47. The van der Waals surface area contributed by atoms with E-state index in [1.807, 2.05) is 6.07 Å². The summed E-state index contributed by atoms with van der Waals surface area (Å²) in [6.07, 6.45) is 4.00. The maximum atomic E-state index is 6.12. The number of pyridine rings is 1. The molecule has 2 aromatic heterocycles. The van der Waals surface area contributed by atoms with E-state index in [1.54, 1.807) is 6.20 Å². The summed E-state index contributed by atoms with van der Waals surface area (Å²) in [5, 5.41) is 1.90. The van der Waals surface area contributed by atoms with Crippen LogP contribution in [0.2, 0.25) is 5.02 Å². The first kappa shape index (κ1) is 15.4. The zero-order valence-corrected chi connectivity index (χ0v) is 14.1. The molecule has 1 saturated heterocycles. The molecule has 2 aliphatic heterocycles. The van der Waals surface area contributed by atoms with Gasteiger partial charge in [-0.2, -0.15) is 0 Å². The van der Waals surface area contributed by atoms with Gasteiger partial charge >= 0.3 is 0 Å². The monoisotopic (exact) mass is 334 g/mol. The number of hydrogen-bond acceptors (Lipinski definition) is 4. The van der Waals surface area contributed by atoms with Crippen molar-refractivity contribution in [2.24, 2.45) is 0 Å². The molecular weight excluding hydrogens is 312 g/mol. The Balaban J connectivity index is 1.38. The van der Waals surface area contributed by atoms with Crippen molar-refractivity contribution in [2.45, 2.75) is 19.4 Å². The Labute approximate surface area is 141 Å². The average Bonchev–Trinajstić information content (AvgIpc) is 2.93. The lowest BCUT2D eigenvalue weighted by Gasteiger charge is -2.30. The molecule has 0 aliphatic carbocycles. The highest BCUT2D eigenvalue weighted by molar-refractivity contribution is 6.31. The van der Waals surface area contributed by atoms with Crippen LogP contribution >= 0.6 is 11.6 Å². The number of nitrogens with zero attached hydrogens (tertiary/aromatic N) is 3. The van der Waals surface area contributed by atoms with Crippen molar-refractivity contribution in [3.63, 3.8) is 0 Å². The van der Waals surface area contributed by atoms with Gasteiger partial charge in [0.05, 0.1) is 18.2 Å². The summed E-state index contributed by atoms with van der Waals surface area (Å²) in [4.78, 5) is 12.9. The van der Waals surface area contributed by atoms with Gasteiger partial charge in [0, 0.05) is 49.9 Å². The molecule has 2 aromatic rings. The first-order valence-electron chi connectivity index (χ1n) is 8.47. The number of H-pyrrole nitrogens is 1. The minimum Gasteiger partial charge on any atom is -0.379 e. The molecule has 124 valence electrons. The molecule has 2 aliphatic rings. The molecule has 0 aromatic carbocycles. The predicted molar refractivity (Wildman–Crippen MR) is 92.0 cm³/mol. The summed E-state index contributed by atoms with van der Waals surface area (Å²) in [7, 11) is 0. The number of morpholine rings is 1. The fraction of sp³-hybridized carbons (Fsp3) is 0.588. The first-order valence-corrected chi connectivity index (χ1v) is 8.85. The summed E-state index contributed by atoms with van der Waals surface area (Å²) in [5.74, 6) is 0.